The number of hydrogen-bond donors (Lipinski definition) is 2. The number of carboxylic acids is 1. The number of aliphatic hydroxyl groups excluding tert-OH is 1. The second-order valence-corrected chi connectivity index (χ2v) is 8.03. The van der Waals surface area contributed by atoms with Crippen LogP contribution in [0.15, 0.2) is 40.4 Å². The normalized spacial score (nSPS) is 14.0. The molecule has 1 aromatic heterocycles. The summed E-state index contributed by atoms with van der Waals surface area (Å²) in [5.41, 5.74) is 2.25. The van der Waals surface area contributed by atoms with E-state index in [0.29, 0.717) is 54.2 Å². The van der Waals surface area contributed by atoms with E-state index in [1.807, 2.05) is 6.07 Å². The number of aliphatic carboxylic acids is 1. The van der Waals surface area contributed by atoms with Crippen molar-refractivity contribution < 1.29 is 24.6 Å². The van der Waals surface area contributed by atoms with Crippen molar-refractivity contribution in [1.82, 2.24) is 4.57 Å². The van der Waals surface area contributed by atoms with Crippen molar-refractivity contribution in [2.24, 2.45) is 5.16 Å². The number of ether oxygens (including phenoxy) is 1. The maximum atomic E-state index is 13.0. The van der Waals surface area contributed by atoms with Crippen molar-refractivity contribution in [2.45, 2.75) is 44.6 Å². The molecular weight excluding hydrogens is 436 g/mol. The van der Waals surface area contributed by atoms with Crippen LogP contribution in [0.4, 0.5) is 0 Å². The van der Waals surface area contributed by atoms with Gasteiger partial charge < -0.3 is 19.8 Å². The predicted molar refractivity (Wildman–Crippen MR) is 122 cm³/mol. The lowest BCUT2D eigenvalue weighted by Gasteiger charge is -2.19. The highest BCUT2D eigenvalue weighted by Gasteiger charge is 2.24. The van der Waals surface area contributed by atoms with Gasteiger partial charge in [0.15, 0.2) is 0 Å². The van der Waals surface area contributed by atoms with Crippen LogP contribution in [0.25, 0.3) is 11.1 Å². The molecular formula is C23H27ClN2O6. The number of methoxy groups -OCH3 is 1. The molecule has 1 aliphatic rings. The topological polar surface area (TPSA) is 110 Å². The molecule has 2 aromatic rings. The van der Waals surface area contributed by atoms with Gasteiger partial charge in [0.25, 0.3) is 5.56 Å². The van der Waals surface area contributed by atoms with Crippen LogP contribution in [0.3, 0.4) is 0 Å². The molecule has 1 unspecified atom stereocenters. The Kier molecular flexibility index (Phi) is 8.30. The monoisotopic (exact) mass is 462 g/mol. The average molecular weight is 463 g/mol. The van der Waals surface area contributed by atoms with Crippen LogP contribution >= 0.6 is 11.6 Å². The molecule has 2 heterocycles. The van der Waals surface area contributed by atoms with Crippen molar-refractivity contribution in [3.8, 4) is 16.9 Å². The van der Waals surface area contributed by atoms with E-state index in [4.69, 9.17) is 26.3 Å². The molecule has 172 valence electrons. The summed E-state index contributed by atoms with van der Waals surface area (Å²) in [6, 6.07) is 5.67. The maximum Gasteiger partial charge on any atom is 0.326 e. The highest BCUT2D eigenvalue weighted by Crippen LogP contribution is 2.35. The fraction of sp³-hybridized carbons (Fsp3) is 0.435. The number of carboxylic acid groups (broad SMARTS) is 1. The Bertz CT molecular complexity index is 1050. The van der Waals surface area contributed by atoms with Crippen LogP contribution < -0.4 is 10.3 Å². The van der Waals surface area contributed by atoms with Gasteiger partial charge in [-0.25, -0.2) is 4.79 Å². The van der Waals surface area contributed by atoms with E-state index >= 15 is 0 Å². The van der Waals surface area contributed by atoms with Crippen LogP contribution in [0.1, 0.15) is 50.1 Å². The van der Waals surface area contributed by atoms with Crippen molar-refractivity contribution in [3.05, 3.63) is 51.4 Å². The number of pyridine rings is 1. The zero-order chi connectivity index (χ0) is 23.1. The third-order valence-electron chi connectivity index (χ3n) is 5.46. The summed E-state index contributed by atoms with van der Waals surface area (Å²) in [6.45, 7) is 0.596. The number of oxime groups is 1. The molecule has 0 amide bonds. The molecule has 0 saturated heterocycles. The van der Waals surface area contributed by atoms with E-state index in [-0.39, 0.29) is 6.61 Å². The van der Waals surface area contributed by atoms with Gasteiger partial charge in [0, 0.05) is 35.2 Å². The van der Waals surface area contributed by atoms with Gasteiger partial charge in [-0.2, -0.15) is 0 Å². The van der Waals surface area contributed by atoms with Gasteiger partial charge in [-0.3, -0.25) is 9.36 Å². The van der Waals surface area contributed by atoms with Crippen molar-refractivity contribution in [2.75, 3.05) is 20.3 Å². The van der Waals surface area contributed by atoms with E-state index < -0.39 is 17.6 Å². The largest absolute Gasteiger partial charge is 0.495 e. The predicted octanol–water partition coefficient (Wildman–Crippen LogP) is 3.87. The Labute approximate surface area is 191 Å². The van der Waals surface area contributed by atoms with Gasteiger partial charge in [-0.15, -0.1) is 0 Å². The number of halogens is 1. The zero-order valence-corrected chi connectivity index (χ0v) is 18.7. The first-order chi connectivity index (χ1) is 15.5. The van der Waals surface area contributed by atoms with Crippen molar-refractivity contribution in [1.29, 1.82) is 0 Å². The smallest absolute Gasteiger partial charge is 0.326 e. The van der Waals surface area contributed by atoms with E-state index in [9.17, 15) is 14.7 Å². The molecule has 2 N–H and O–H groups in total. The minimum atomic E-state index is -1.08. The van der Waals surface area contributed by atoms with E-state index in [0.717, 1.165) is 24.1 Å². The van der Waals surface area contributed by atoms with E-state index in [1.54, 1.807) is 12.1 Å². The molecule has 1 aliphatic heterocycles. The molecule has 0 fully saturated rings. The van der Waals surface area contributed by atoms with Gasteiger partial charge in [0.1, 0.15) is 18.4 Å². The molecule has 32 heavy (non-hydrogen) atoms. The molecule has 8 nitrogen and oxygen atoms in total. The standard InChI is InChI=1S/C23H27ClN2O6/c1-31-21-14-26(20(23(29)30)6-4-2-3-5-10-27)22(28)13-18(21)17-12-15(24)7-8-16(17)19-9-11-32-25-19/h7-8,12-14,20,27H,2-6,9-11H2,1H3,(H,29,30). The van der Waals surface area contributed by atoms with Gasteiger partial charge in [-0.1, -0.05) is 42.1 Å². The number of benzene rings is 1. The fourth-order valence-corrected chi connectivity index (χ4v) is 3.99. The molecule has 0 radical (unpaired) electrons. The maximum absolute atomic E-state index is 13.0. The Balaban J connectivity index is 1.99. The summed E-state index contributed by atoms with van der Waals surface area (Å²) >= 11 is 6.24. The number of carbonyl (C=O) groups is 1. The van der Waals surface area contributed by atoms with Crippen molar-refractivity contribution in [3.63, 3.8) is 0 Å². The lowest BCUT2D eigenvalue weighted by atomic mass is 9.95. The minimum absolute atomic E-state index is 0.116. The van der Waals surface area contributed by atoms with Crippen LogP contribution in [-0.4, -0.2) is 46.8 Å². The number of hydrogen-bond acceptors (Lipinski definition) is 6. The molecule has 0 aliphatic carbocycles. The molecule has 9 heteroatoms. The molecule has 0 saturated carbocycles. The highest BCUT2D eigenvalue weighted by molar-refractivity contribution is 6.31. The summed E-state index contributed by atoms with van der Waals surface area (Å²) in [7, 11) is 1.47. The number of nitrogens with zero attached hydrogens (tertiary/aromatic N) is 2. The summed E-state index contributed by atoms with van der Waals surface area (Å²) in [6.07, 6.45) is 5.28. The molecule has 0 bridgehead atoms. The molecule has 1 atom stereocenters. The van der Waals surface area contributed by atoms with Gasteiger partial charge >= 0.3 is 5.97 Å². The Morgan fingerprint density at radius 3 is 2.66 bits per heavy atom. The summed E-state index contributed by atoms with van der Waals surface area (Å²) < 4.78 is 6.75. The fourth-order valence-electron chi connectivity index (χ4n) is 3.82. The van der Waals surface area contributed by atoms with Gasteiger partial charge in [0.05, 0.1) is 19.0 Å². The molecule has 1 aromatic carbocycles. The number of rotatable bonds is 11. The molecule has 3 rings (SSSR count). The van der Waals surface area contributed by atoms with Crippen LogP contribution in [0.5, 0.6) is 5.75 Å². The quantitative estimate of drug-likeness (QED) is 0.490. The third kappa shape index (κ3) is 5.49. The Morgan fingerprint density at radius 1 is 1.22 bits per heavy atom. The third-order valence-corrected chi connectivity index (χ3v) is 5.69. The van der Waals surface area contributed by atoms with Gasteiger partial charge in [-0.05, 0) is 30.5 Å². The summed E-state index contributed by atoms with van der Waals surface area (Å²) in [5, 5.41) is 23.2. The Morgan fingerprint density at radius 2 is 2.00 bits per heavy atom. The Hall–Kier alpha value is -2.84. The van der Waals surface area contributed by atoms with E-state index in [2.05, 4.69) is 5.16 Å². The average Bonchev–Trinajstić information content (AvgIpc) is 3.31. The van der Waals surface area contributed by atoms with Crippen molar-refractivity contribution >= 4 is 23.3 Å². The van der Waals surface area contributed by atoms with Crippen LogP contribution in [-0.2, 0) is 9.63 Å². The number of aliphatic hydroxyl groups is 1. The van der Waals surface area contributed by atoms with Crippen LogP contribution in [0, 0.1) is 0 Å². The SMILES string of the molecule is COc1cn(C(CCCCCCO)C(=O)O)c(=O)cc1-c1cc(Cl)ccc1C1=NOCC1. The number of aromatic nitrogens is 1. The highest BCUT2D eigenvalue weighted by atomic mass is 35.5. The summed E-state index contributed by atoms with van der Waals surface area (Å²) in [4.78, 5) is 30.0. The first kappa shape index (κ1) is 23.8. The second kappa shape index (κ2) is 11.2. The zero-order valence-electron chi connectivity index (χ0n) is 17.9. The lowest BCUT2D eigenvalue weighted by Crippen LogP contribution is -2.29. The lowest BCUT2D eigenvalue weighted by molar-refractivity contribution is -0.141. The first-order valence-electron chi connectivity index (χ1n) is 10.6. The van der Waals surface area contributed by atoms with Crippen LogP contribution in [0.2, 0.25) is 5.02 Å². The first-order valence-corrected chi connectivity index (χ1v) is 11.0. The summed E-state index contributed by atoms with van der Waals surface area (Å²) in [5.74, 6) is -0.718. The second-order valence-electron chi connectivity index (χ2n) is 7.59. The molecule has 0 spiro atoms. The minimum Gasteiger partial charge on any atom is -0.495 e. The van der Waals surface area contributed by atoms with Gasteiger partial charge in [0.2, 0.25) is 0 Å². The number of unbranched alkanes of at least 4 members (excludes halogenated alkanes) is 3. The van der Waals surface area contributed by atoms with E-state index in [1.165, 1.54) is 23.9 Å².